The van der Waals surface area contributed by atoms with Gasteiger partial charge in [-0.2, -0.15) is 0 Å². The van der Waals surface area contributed by atoms with E-state index in [0.717, 1.165) is 66.4 Å². The zero-order valence-corrected chi connectivity index (χ0v) is 44.2. The summed E-state index contributed by atoms with van der Waals surface area (Å²) in [5, 5.41) is 4.31. The van der Waals surface area contributed by atoms with E-state index in [-0.39, 0.29) is 17.5 Å². The molecule has 9 aromatic carbocycles. The normalized spacial score (nSPS) is 13.6. The molecule has 4 heterocycles. The molecule has 0 N–H and O–H groups in total. The number of aromatic nitrogens is 1. The zero-order valence-electron chi connectivity index (χ0n) is 44.2. The average Bonchev–Trinajstić information content (AvgIpc) is 3.92. The quantitative estimate of drug-likeness (QED) is 0.155. The molecule has 0 bridgehead atoms. The highest BCUT2D eigenvalue weighted by molar-refractivity contribution is 7.00. The van der Waals surface area contributed by atoms with E-state index in [9.17, 15) is 0 Å². The highest BCUT2D eigenvalue weighted by Crippen LogP contribution is 2.51. The van der Waals surface area contributed by atoms with Gasteiger partial charge in [-0.1, -0.05) is 188 Å². The molecule has 0 unspecified atom stereocenters. The number of hydrogen-bond donors (Lipinski definition) is 0. The molecule has 0 amide bonds. The van der Waals surface area contributed by atoms with Crippen LogP contribution in [0, 0.1) is 13.8 Å². The van der Waals surface area contributed by atoms with Crippen molar-refractivity contribution >= 4 is 102 Å². The first-order chi connectivity index (χ1) is 36.2. The van der Waals surface area contributed by atoms with Gasteiger partial charge in [0.25, 0.3) is 6.71 Å². The van der Waals surface area contributed by atoms with Crippen LogP contribution in [-0.2, 0) is 10.8 Å². The number of benzene rings is 9. The first kappa shape index (κ1) is 46.3. The van der Waals surface area contributed by atoms with Crippen LogP contribution in [0.25, 0.3) is 61.7 Å². The molecule has 0 spiro atoms. The molecule has 2 aliphatic rings. The lowest BCUT2D eigenvalue weighted by atomic mass is 9.33. The molecule has 5 heteroatoms. The molecule has 11 aromatic rings. The lowest BCUT2D eigenvalue weighted by molar-refractivity contribution is 0.573. The smallest absolute Gasteiger partial charge is 0.252 e. The highest BCUT2D eigenvalue weighted by atomic mass is 16.3. The lowest BCUT2D eigenvalue weighted by Crippen LogP contribution is -2.61. The molecular weight excluding hydrogens is 910 g/mol. The number of hydrogen-bond acceptors (Lipinski definition) is 3. The van der Waals surface area contributed by atoms with Gasteiger partial charge in [0.15, 0.2) is 0 Å². The summed E-state index contributed by atoms with van der Waals surface area (Å²) in [5.41, 5.74) is 24.8. The molecule has 0 saturated carbocycles. The minimum atomic E-state index is -0.199. The van der Waals surface area contributed by atoms with Crippen LogP contribution in [0.3, 0.4) is 0 Å². The molecule has 0 radical (unpaired) electrons. The van der Waals surface area contributed by atoms with Gasteiger partial charge in [0.2, 0.25) is 0 Å². The summed E-state index contributed by atoms with van der Waals surface area (Å²) < 4.78 is 9.08. The van der Waals surface area contributed by atoms with Crippen molar-refractivity contribution in [1.29, 1.82) is 0 Å². The van der Waals surface area contributed by atoms with Gasteiger partial charge in [-0.25, -0.2) is 0 Å². The molecule has 0 aliphatic carbocycles. The molecule has 2 aromatic heterocycles. The maximum atomic E-state index is 6.62. The van der Waals surface area contributed by atoms with Crippen LogP contribution in [0.5, 0.6) is 0 Å². The van der Waals surface area contributed by atoms with Crippen LogP contribution in [0.1, 0.15) is 69.4 Å². The van der Waals surface area contributed by atoms with Gasteiger partial charge < -0.3 is 18.8 Å². The first-order valence-electron chi connectivity index (χ1n) is 26.3. The van der Waals surface area contributed by atoms with Gasteiger partial charge in [-0.05, 0) is 135 Å². The Hall–Kier alpha value is -8.54. The van der Waals surface area contributed by atoms with Crippen molar-refractivity contribution in [2.75, 3.05) is 9.80 Å². The Morgan fingerprint density at radius 2 is 1.15 bits per heavy atom. The van der Waals surface area contributed by atoms with E-state index >= 15 is 0 Å². The third kappa shape index (κ3) is 7.19. The molecule has 13 rings (SSSR count). The van der Waals surface area contributed by atoms with Crippen molar-refractivity contribution in [1.82, 2.24) is 4.57 Å². The van der Waals surface area contributed by atoms with Gasteiger partial charge in [-0.3, -0.25) is 0 Å². The van der Waals surface area contributed by atoms with Gasteiger partial charge in [0, 0.05) is 61.0 Å². The standard InChI is InChI=1S/C70H60BN3O/c1-11-51(68-45(4)52-29-19-21-32-65(52)75-68)47-33-36-59(54(37-47)46-25-14-12-15-26-46)73-62-42-60-55(53-30-18-20-31-58(53)72(60)50-27-16-13-17-28-50)41-57(62)71-56-35-34-48(69(5,6)7)38-61(56)74(67-43(2)23-22-24-44(67)3)64-40-49(70(8,9)10)39-63(73)66(64)71/h11-42H,1,4H2,2-3,5-10H3/b68-51-. The number of furan rings is 1. The van der Waals surface area contributed by atoms with E-state index in [4.69, 9.17) is 4.42 Å². The SMILES string of the molecule is C=C/C(c1ccc(N2c3cc4c(cc3B3c5ccc(C(C)(C)C)cc5N(c5c(C)cccc5C)c5cc(C(C)(C)C)cc2c53)c2ccccc2n4-c2ccccc2)c(-c2ccccc2)c1)=c1/oc2ccccc2c1=C. The second kappa shape index (κ2) is 17.0. The Morgan fingerprint density at radius 3 is 1.84 bits per heavy atom. The van der Waals surface area contributed by atoms with Crippen LogP contribution >= 0.6 is 0 Å². The fourth-order valence-electron chi connectivity index (χ4n) is 12.3. The van der Waals surface area contributed by atoms with Crippen molar-refractivity contribution in [3.63, 3.8) is 0 Å². The Labute approximate surface area is 440 Å². The van der Waals surface area contributed by atoms with E-state index in [1.54, 1.807) is 0 Å². The van der Waals surface area contributed by atoms with Crippen LogP contribution < -0.4 is 36.8 Å². The summed E-state index contributed by atoms with van der Waals surface area (Å²) in [6.45, 7) is 27.4. The molecular formula is C70H60BN3O. The summed E-state index contributed by atoms with van der Waals surface area (Å²) in [5.74, 6) is 0. The van der Waals surface area contributed by atoms with Gasteiger partial charge in [0.05, 0.1) is 22.4 Å². The molecule has 2 aliphatic heterocycles. The van der Waals surface area contributed by atoms with Crippen LogP contribution in [-0.4, -0.2) is 11.3 Å². The zero-order chi connectivity index (χ0) is 51.7. The second-order valence-corrected chi connectivity index (χ2v) is 22.8. The monoisotopic (exact) mass is 969 g/mol. The maximum absolute atomic E-state index is 6.62. The lowest BCUT2D eigenvalue weighted by Gasteiger charge is -2.46. The first-order valence-corrected chi connectivity index (χ1v) is 26.3. The third-order valence-electron chi connectivity index (χ3n) is 16.1. The van der Waals surface area contributed by atoms with Crippen LogP contribution in [0.15, 0.2) is 205 Å². The number of fused-ring (bicyclic) bond motifs is 8. The van der Waals surface area contributed by atoms with E-state index in [1.165, 1.54) is 77.7 Å². The third-order valence-corrected chi connectivity index (χ3v) is 16.1. The van der Waals surface area contributed by atoms with Crippen molar-refractivity contribution in [3.8, 4) is 16.8 Å². The van der Waals surface area contributed by atoms with Crippen LogP contribution in [0.2, 0.25) is 0 Å². The van der Waals surface area contributed by atoms with Gasteiger partial charge in [-0.15, -0.1) is 0 Å². The van der Waals surface area contributed by atoms with Crippen LogP contribution in [0.4, 0.5) is 34.1 Å². The minimum Gasteiger partial charge on any atom is -0.455 e. The summed E-state index contributed by atoms with van der Waals surface area (Å²) >= 11 is 0. The molecule has 75 heavy (non-hydrogen) atoms. The number of nitrogens with zero attached hydrogens (tertiary/aromatic N) is 3. The molecule has 0 saturated heterocycles. The fourth-order valence-corrected chi connectivity index (χ4v) is 12.3. The minimum absolute atomic E-state index is 0.0740. The Morgan fingerprint density at radius 1 is 0.520 bits per heavy atom. The Kier molecular flexibility index (Phi) is 10.5. The highest BCUT2D eigenvalue weighted by Gasteiger charge is 2.46. The summed E-state index contributed by atoms with van der Waals surface area (Å²) in [4.78, 5) is 5.23. The van der Waals surface area contributed by atoms with Crippen molar-refractivity contribution in [3.05, 3.63) is 239 Å². The molecule has 4 nitrogen and oxygen atoms in total. The summed E-state index contributed by atoms with van der Waals surface area (Å²) in [6.07, 6.45) is 1.92. The van der Waals surface area contributed by atoms with Gasteiger partial charge >= 0.3 is 0 Å². The number of anilines is 6. The van der Waals surface area contributed by atoms with Crippen molar-refractivity contribution in [2.24, 2.45) is 0 Å². The molecule has 0 atom stereocenters. The molecule has 364 valence electrons. The number of aryl methyl sites for hydroxylation is 2. The van der Waals surface area contributed by atoms with E-state index in [2.05, 4.69) is 253 Å². The summed E-state index contributed by atoms with van der Waals surface area (Å²) in [6, 6.07) is 69.8. The predicted molar refractivity (Wildman–Crippen MR) is 321 cm³/mol. The van der Waals surface area contributed by atoms with Crippen molar-refractivity contribution in [2.45, 2.75) is 66.2 Å². The number of allylic oxidation sites excluding steroid dienone is 1. The van der Waals surface area contributed by atoms with E-state index < -0.39 is 0 Å². The summed E-state index contributed by atoms with van der Waals surface area (Å²) in [7, 11) is 0. The fraction of sp³-hybridized carbons (Fsp3) is 0.143. The second-order valence-electron chi connectivity index (χ2n) is 22.8. The topological polar surface area (TPSA) is 24.6 Å². The van der Waals surface area contributed by atoms with Crippen molar-refractivity contribution < 1.29 is 4.42 Å². The van der Waals surface area contributed by atoms with E-state index in [0.29, 0.717) is 0 Å². The average molecular weight is 970 g/mol. The Balaban J connectivity index is 1.20. The predicted octanol–water partition coefficient (Wildman–Crippen LogP) is 15.3. The van der Waals surface area contributed by atoms with E-state index in [1.807, 2.05) is 24.3 Å². The Bertz CT molecular complexity index is 4260. The molecule has 0 fully saturated rings. The number of para-hydroxylation sites is 4. The largest absolute Gasteiger partial charge is 0.455 e. The van der Waals surface area contributed by atoms with Gasteiger partial charge in [0.1, 0.15) is 11.0 Å². The maximum Gasteiger partial charge on any atom is 0.252 e. The number of rotatable bonds is 6.